The first-order chi connectivity index (χ1) is 8.66. The fourth-order valence-corrected chi connectivity index (χ4v) is 4.47. The van der Waals surface area contributed by atoms with Crippen LogP contribution in [-0.2, 0) is 4.79 Å². The van der Waals surface area contributed by atoms with Gasteiger partial charge in [-0.15, -0.1) is 11.3 Å². The van der Waals surface area contributed by atoms with Gasteiger partial charge in [0.1, 0.15) is 0 Å². The highest BCUT2D eigenvalue weighted by molar-refractivity contribution is 7.12. The van der Waals surface area contributed by atoms with Gasteiger partial charge in [-0.1, -0.05) is 19.3 Å². The summed E-state index contributed by atoms with van der Waals surface area (Å²) >= 11 is 1.78. The molecule has 2 fully saturated rings. The van der Waals surface area contributed by atoms with E-state index in [4.69, 9.17) is 10.1 Å². The Labute approximate surface area is 111 Å². The Morgan fingerprint density at radius 2 is 2.06 bits per heavy atom. The van der Waals surface area contributed by atoms with Gasteiger partial charge in [-0.3, -0.25) is 4.79 Å². The summed E-state index contributed by atoms with van der Waals surface area (Å²) in [6.07, 6.45) is 7.33. The van der Waals surface area contributed by atoms with E-state index in [9.17, 15) is 4.79 Å². The monoisotopic (exact) mass is 265 g/mol. The number of aliphatic carboxylic acids is 1. The van der Waals surface area contributed by atoms with E-state index in [1.807, 2.05) is 6.92 Å². The Hall–Kier alpha value is -0.900. The second-order valence-corrected chi connectivity index (χ2v) is 6.69. The molecule has 98 valence electrons. The van der Waals surface area contributed by atoms with Gasteiger partial charge in [0.25, 0.3) is 0 Å². The number of carboxylic acids is 1. The zero-order chi connectivity index (χ0) is 12.7. The minimum Gasteiger partial charge on any atom is -0.481 e. The van der Waals surface area contributed by atoms with Crippen molar-refractivity contribution in [3.05, 3.63) is 15.6 Å². The van der Waals surface area contributed by atoms with Crippen LogP contribution >= 0.6 is 11.3 Å². The number of rotatable bonds is 3. The first-order valence-corrected chi connectivity index (χ1v) is 7.68. The summed E-state index contributed by atoms with van der Waals surface area (Å²) in [6.45, 7) is 2.04. The molecule has 0 spiro atoms. The molecule has 2 saturated carbocycles. The largest absolute Gasteiger partial charge is 0.481 e. The number of aryl methyl sites for hydroxylation is 1. The highest BCUT2D eigenvalue weighted by Crippen LogP contribution is 2.51. The number of carboxylic acid groups (broad SMARTS) is 1. The zero-order valence-electron chi connectivity index (χ0n) is 10.7. The Kier molecular flexibility index (Phi) is 3.14. The molecule has 3 nitrogen and oxygen atoms in total. The van der Waals surface area contributed by atoms with E-state index in [1.54, 1.807) is 11.3 Å². The summed E-state index contributed by atoms with van der Waals surface area (Å²) in [5.41, 5.74) is 1.08. The second-order valence-electron chi connectivity index (χ2n) is 5.62. The summed E-state index contributed by atoms with van der Waals surface area (Å²) in [5.74, 6) is 0.0888. The molecule has 0 radical (unpaired) electrons. The normalized spacial score (nSPS) is 28.3. The molecule has 1 N–H and O–H groups in total. The van der Waals surface area contributed by atoms with Gasteiger partial charge in [0, 0.05) is 16.7 Å². The van der Waals surface area contributed by atoms with Gasteiger partial charge in [0.05, 0.1) is 16.6 Å². The van der Waals surface area contributed by atoms with Crippen LogP contribution in [0.5, 0.6) is 0 Å². The van der Waals surface area contributed by atoms with Crippen molar-refractivity contribution in [2.75, 3.05) is 0 Å². The van der Waals surface area contributed by atoms with Gasteiger partial charge >= 0.3 is 5.97 Å². The van der Waals surface area contributed by atoms with Gasteiger partial charge in [0.2, 0.25) is 0 Å². The van der Waals surface area contributed by atoms with Crippen LogP contribution in [-0.4, -0.2) is 16.1 Å². The van der Waals surface area contributed by atoms with Gasteiger partial charge in [0.15, 0.2) is 0 Å². The van der Waals surface area contributed by atoms with Crippen LogP contribution in [0, 0.1) is 12.8 Å². The molecule has 4 heteroatoms. The minimum absolute atomic E-state index is 0.150. The summed E-state index contributed by atoms with van der Waals surface area (Å²) in [6, 6.07) is 0. The predicted molar refractivity (Wildman–Crippen MR) is 71.2 cm³/mol. The number of carbonyl (C=O) groups is 1. The Balaban J connectivity index is 1.76. The predicted octanol–water partition coefficient (Wildman–Crippen LogP) is 3.69. The van der Waals surface area contributed by atoms with Crippen LogP contribution in [0.2, 0.25) is 0 Å². The molecule has 0 saturated heterocycles. The molecule has 18 heavy (non-hydrogen) atoms. The molecule has 1 aromatic heterocycles. The third kappa shape index (κ3) is 2.18. The Morgan fingerprint density at radius 3 is 2.67 bits per heavy atom. The van der Waals surface area contributed by atoms with E-state index in [-0.39, 0.29) is 11.8 Å². The van der Waals surface area contributed by atoms with Gasteiger partial charge in [-0.25, -0.2) is 4.98 Å². The van der Waals surface area contributed by atoms with Crippen molar-refractivity contribution in [3.63, 3.8) is 0 Å². The van der Waals surface area contributed by atoms with E-state index in [2.05, 4.69) is 0 Å². The maximum absolute atomic E-state index is 10.9. The number of aromatic nitrogens is 1. The highest BCUT2D eigenvalue weighted by Gasteiger charge is 2.46. The molecule has 1 heterocycles. The summed E-state index contributed by atoms with van der Waals surface area (Å²) in [7, 11) is 0. The topological polar surface area (TPSA) is 50.2 Å². The number of nitrogens with zero attached hydrogens (tertiary/aromatic N) is 1. The molecule has 2 aliphatic rings. The van der Waals surface area contributed by atoms with Crippen molar-refractivity contribution in [3.8, 4) is 0 Å². The molecule has 0 aliphatic heterocycles. The van der Waals surface area contributed by atoms with E-state index in [0.29, 0.717) is 5.92 Å². The smallest absolute Gasteiger partial charge is 0.307 e. The molecule has 0 bridgehead atoms. The summed E-state index contributed by atoms with van der Waals surface area (Å²) in [4.78, 5) is 16.9. The first kappa shape index (κ1) is 12.2. The Morgan fingerprint density at radius 1 is 1.33 bits per heavy atom. The summed E-state index contributed by atoms with van der Waals surface area (Å²) in [5, 5.41) is 10.3. The third-order valence-electron chi connectivity index (χ3n) is 4.25. The SMILES string of the molecule is Cc1nc(C2CCCCC2)sc1C1CC1C(=O)O. The zero-order valence-corrected chi connectivity index (χ0v) is 11.5. The van der Waals surface area contributed by atoms with Crippen LogP contribution in [0.1, 0.15) is 65.9 Å². The van der Waals surface area contributed by atoms with E-state index in [1.165, 1.54) is 42.0 Å². The minimum atomic E-state index is -0.646. The Bertz CT molecular complexity index is 462. The lowest BCUT2D eigenvalue weighted by Crippen LogP contribution is -2.03. The molecule has 2 atom stereocenters. The van der Waals surface area contributed by atoms with E-state index < -0.39 is 5.97 Å². The molecule has 0 amide bonds. The van der Waals surface area contributed by atoms with Crippen molar-refractivity contribution in [1.29, 1.82) is 0 Å². The summed E-state index contributed by atoms with van der Waals surface area (Å²) < 4.78 is 0. The van der Waals surface area contributed by atoms with Crippen LogP contribution in [0.25, 0.3) is 0 Å². The van der Waals surface area contributed by atoms with Gasteiger partial charge in [-0.05, 0) is 26.2 Å². The highest BCUT2D eigenvalue weighted by atomic mass is 32.1. The van der Waals surface area contributed by atoms with Crippen molar-refractivity contribution < 1.29 is 9.90 Å². The van der Waals surface area contributed by atoms with Gasteiger partial charge < -0.3 is 5.11 Å². The fourth-order valence-electron chi connectivity index (χ4n) is 3.06. The molecule has 2 aliphatic carbocycles. The third-order valence-corrected chi connectivity index (χ3v) is 5.70. The van der Waals surface area contributed by atoms with Crippen LogP contribution in [0.15, 0.2) is 0 Å². The standard InChI is InChI=1S/C14H19NO2S/c1-8-12(10-7-11(10)14(16)17)18-13(15-8)9-5-3-2-4-6-9/h9-11H,2-7H2,1H3,(H,16,17). The maximum atomic E-state index is 10.9. The average Bonchev–Trinajstić information content (AvgIpc) is 3.08. The lowest BCUT2D eigenvalue weighted by molar-refractivity contribution is -0.138. The van der Waals surface area contributed by atoms with Crippen LogP contribution in [0.4, 0.5) is 0 Å². The maximum Gasteiger partial charge on any atom is 0.307 e. The van der Waals surface area contributed by atoms with Crippen LogP contribution in [0.3, 0.4) is 0 Å². The number of thiazole rings is 1. The molecular weight excluding hydrogens is 246 g/mol. The van der Waals surface area contributed by atoms with Crippen LogP contribution < -0.4 is 0 Å². The number of hydrogen-bond donors (Lipinski definition) is 1. The quantitative estimate of drug-likeness (QED) is 0.906. The van der Waals surface area contributed by atoms with E-state index >= 15 is 0 Å². The lowest BCUT2D eigenvalue weighted by Gasteiger charge is -2.18. The fraction of sp³-hybridized carbons (Fsp3) is 0.714. The molecule has 1 aromatic rings. The molecule has 3 rings (SSSR count). The molecule has 0 aromatic carbocycles. The molecule has 2 unspecified atom stereocenters. The van der Waals surface area contributed by atoms with Crippen molar-refractivity contribution >= 4 is 17.3 Å². The molecular formula is C14H19NO2S. The average molecular weight is 265 g/mol. The first-order valence-electron chi connectivity index (χ1n) is 6.87. The van der Waals surface area contributed by atoms with Crippen molar-refractivity contribution in [2.24, 2.45) is 5.92 Å². The second kappa shape index (κ2) is 4.65. The van der Waals surface area contributed by atoms with Crippen molar-refractivity contribution in [2.45, 2.75) is 57.3 Å². The van der Waals surface area contributed by atoms with Crippen molar-refractivity contribution in [1.82, 2.24) is 4.98 Å². The number of hydrogen-bond acceptors (Lipinski definition) is 3. The van der Waals surface area contributed by atoms with E-state index in [0.717, 1.165) is 12.1 Å². The lowest BCUT2D eigenvalue weighted by atomic mass is 9.90. The van der Waals surface area contributed by atoms with Gasteiger partial charge in [-0.2, -0.15) is 0 Å².